The third-order valence-corrected chi connectivity index (χ3v) is 4.78. The van der Waals surface area contributed by atoms with Gasteiger partial charge in [-0.1, -0.05) is 0 Å². The fourth-order valence-electron chi connectivity index (χ4n) is 2.79. The molecule has 8 heteroatoms. The van der Waals surface area contributed by atoms with Crippen LogP contribution < -0.4 is 0 Å². The molecule has 0 aliphatic rings. The Morgan fingerprint density at radius 3 is 2.92 bits per heavy atom. The van der Waals surface area contributed by atoms with Gasteiger partial charge in [-0.2, -0.15) is 15.4 Å². The second kappa shape index (κ2) is 4.87. The molecular weight excluding hydrogens is 324 g/mol. The van der Waals surface area contributed by atoms with Crippen molar-refractivity contribution in [2.45, 2.75) is 0 Å². The van der Waals surface area contributed by atoms with Crippen LogP contribution in [-0.4, -0.2) is 36.7 Å². The van der Waals surface area contributed by atoms with Crippen LogP contribution in [0.3, 0.4) is 0 Å². The molecule has 0 unspecified atom stereocenters. The van der Waals surface area contributed by atoms with Gasteiger partial charge in [-0.3, -0.25) is 4.99 Å². The lowest BCUT2D eigenvalue weighted by molar-refractivity contribution is 0.457. The maximum Gasteiger partial charge on any atom is 0.198 e. The third kappa shape index (κ3) is 1.90. The Hall–Kier alpha value is -3.26. The second-order valence-corrected chi connectivity index (χ2v) is 6.19. The standard InChI is InChI=1S/C16H10N6OS/c23-16-9(6-17-8-1-2-10-13(5-8)21-22-20-10)14-11(19-16)3-4-12-15(14)24-7-18-12/h1-7,19,23H,(H,20,21,22). The van der Waals surface area contributed by atoms with Crippen LogP contribution in [0.1, 0.15) is 5.56 Å². The van der Waals surface area contributed by atoms with Gasteiger partial charge in [0.2, 0.25) is 0 Å². The van der Waals surface area contributed by atoms with Crippen LogP contribution in [0.2, 0.25) is 0 Å². The van der Waals surface area contributed by atoms with Crippen LogP contribution in [0.15, 0.2) is 40.8 Å². The van der Waals surface area contributed by atoms with Gasteiger partial charge in [0.05, 0.1) is 32.5 Å². The molecule has 3 aromatic heterocycles. The average Bonchev–Trinajstić information content (AvgIpc) is 3.29. The minimum absolute atomic E-state index is 0.0946. The Morgan fingerprint density at radius 1 is 1.08 bits per heavy atom. The number of aromatic nitrogens is 5. The summed E-state index contributed by atoms with van der Waals surface area (Å²) in [5.74, 6) is 0.0946. The van der Waals surface area contributed by atoms with E-state index >= 15 is 0 Å². The molecule has 5 aromatic rings. The van der Waals surface area contributed by atoms with Gasteiger partial charge in [-0.15, -0.1) is 11.3 Å². The number of aliphatic imine (C=N–C) groups is 1. The van der Waals surface area contributed by atoms with Crippen molar-refractivity contribution in [3.8, 4) is 5.88 Å². The van der Waals surface area contributed by atoms with E-state index in [1.54, 1.807) is 23.1 Å². The minimum Gasteiger partial charge on any atom is -0.494 e. The van der Waals surface area contributed by atoms with Crippen molar-refractivity contribution in [3.63, 3.8) is 0 Å². The topological polar surface area (TPSA) is 103 Å². The number of nitrogens with one attached hydrogen (secondary N) is 2. The number of aromatic hydroxyl groups is 1. The number of hydrogen-bond donors (Lipinski definition) is 3. The van der Waals surface area contributed by atoms with E-state index in [0.29, 0.717) is 5.56 Å². The Bertz CT molecular complexity index is 1230. The second-order valence-electron chi connectivity index (χ2n) is 5.33. The molecule has 0 atom stereocenters. The SMILES string of the molecule is Oc1[nH]c2ccc3ncsc3c2c1C=Nc1ccc2n[nH]nc2c1. The highest BCUT2D eigenvalue weighted by Gasteiger charge is 2.13. The van der Waals surface area contributed by atoms with E-state index in [2.05, 4.69) is 30.4 Å². The van der Waals surface area contributed by atoms with Gasteiger partial charge in [-0.05, 0) is 30.3 Å². The van der Waals surface area contributed by atoms with Crippen molar-refractivity contribution in [1.82, 2.24) is 25.4 Å². The highest BCUT2D eigenvalue weighted by atomic mass is 32.1. The van der Waals surface area contributed by atoms with Gasteiger partial charge < -0.3 is 10.1 Å². The third-order valence-electron chi connectivity index (χ3n) is 3.92. The predicted octanol–water partition coefficient (Wildman–Crippen LogP) is 3.51. The number of nitrogens with zero attached hydrogens (tertiary/aromatic N) is 4. The first-order chi connectivity index (χ1) is 11.8. The molecule has 0 amide bonds. The summed E-state index contributed by atoms with van der Waals surface area (Å²) in [6.07, 6.45) is 1.66. The summed E-state index contributed by atoms with van der Waals surface area (Å²) >= 11 is 1.54. The Morgan fingerprint density at radius 2 is 1.96 bits per heavy atom. The maximum absolute atomic E-state index is 10.3. The lowest BCUT2D eigenvalue weighted by atomic mass is 10.1. The molecule has 0 saturated heterocycles. The first-order valence-corrected chi connectivity index (χ1v) is 8.09. The molecule has 0 aliphatic heterocycles. The Kier molecular flexibility index (Phi) is 2.68. The summed E-state index contributed by atoms with van der Waals surface area (Å²) in [7, 11) is 0. The van der Waals surface area contributed by atoms with Crippen molar-refractivity contribution in [2.75, 3.05) is 0 Å². The minimum atomic E-state index is 0.0946. The summed E-state index contributed by atoms with van der Waals surface area (Å²) in [4.78, 5) is 11.8. The van der Waals surface area contributed by atoms with Crippen molar-refractivity contribution < 1.29 is 5.11 Å². The van der Waals surface area contributed by atoms with Crippen molar-refractivity contribution in [1.29, 1.82) is 0 Å². The molecule has 0 saturated carbocycles. The molecular formula is C16H10N6OS. The number of thiazole rings is 1. The van der Waals surface area contributed by atoms with Crippen LogP contribution >= 0.6 is 11.3 Å². The lowest BCUT2D eigenvalue weighted by Crippen LogP contribution is -1.80. The van der Waals surface area contributed by atoms with Gasteiger partial charge in [0.25, 0.3) is 0 Å². The Balaban J connectivity index is 1.67. The zero-order valence-corrected chi connectivity index (χ0v) is 13.0. The van der Waals surface area contributed by atoms with E-state index in [9.17, 15) is 5.11 Å². The summed E-state index contributed by atoms with van der Waals surface area (Å²) < 4.78 is 1.03. The summed E-state index contributed by atoms with van der Waals surface area (Å²) in [5.41, 5.74) is 6.49. The molecule has 116 valence electrons. The Labute approximate surface area is 138 Å². The molecule has 0 spiro atoms. The summed E-state index contributed by atoms with van der Waals surface area (Å²) in [6.45, 7) is 0. The molecule has 0 radical (unpaired) electrons. The highest BCUT2D eigenvalue weighted by Crippen LogP contribution is 2.34. The van der Waals surface area contributed by atoms with E-state index in [0.717, 1.165) is 37.8 Å². The smallest absolute Gasteiger partial charge is 0.198 e. The highest BCUT2D eigenvalue weighted by molar-refractivity contribution is 7.17. The van der Waals surface area contributed by atoms with Gasteiger partial charge in [0, 0.05) is 11.6 Å². The van der Waals surface area contributed by atoms with Crippen LogP contribution in [0, 0.1) is 0 Å². The van der Waals surface area contributed by atoms with E-state index in [-0.39, 0.29) is 5.88 Å². The number of aromatic amines is 2. The van der Waals surface area contributed by atoms with Crippen molar-refractivity contribution in [3.05, 3.63) is 41.4 Å². The summed E-state index contributed by atoms with van der Waals surface area (Å²) in [6, 6.07) is 9.39. The normalized spacial score (nSPS) is 12.2. The fraction of sp³-hybridized carbons (Fsp3) is 0. The molecule has 0 bridgehead atoms. The number of H-pyrrole nitrogens is 2. The zero-order valence-electron chi connectivity index (χ0n) is 12.2. The monoisotopic (exact) mass is 334 g/mol. The summed E-state index contributed by atoms with van der Waals surface area (Å²) in [5, 5.41) is 21.8. The molecule has 3 N–H and O–H groups in total. The van der Waals surface area contributed by atoms with E-state index < -0.39 is 0 Å². The van der Waals surface area contributed by atoms with Gasteiger partial charge in [0.15, 0.2) is 5.88 Å². The average molecular weight is 334 g/mol. The quantitative estimate of drug-likeness (QED) is 0.430. The van der Waals surface area contributed by atoms with Crippen LogP contribution in [0.25, 0.3) is 32.2 Å². The molecule has 5 rings (SSSR count). The number of hydrogen-bond acceptors (Lipinski definition) is 6. The van der Waals surface area contributed by atoms with E-state index in [4.69, 9.17) is 0 Å². The molecule has 24 heavy (non-hydrogen) atoms. The number of rotatable bonds is 2. The maximum atomic E-state index is 10.3. The number of fused-ring (bicyclic) bond motifs is 4. The van der Waals surface area contributed by atoms with Crippen molar-refractivity contribution >= 4 is 55.4 Å². The largest absolute Gasteiger partial charge is 0.494 e. The van der Waals surface area contributed by atoms with E-state index in [1.165, 1.54) is 0 Å². The first-order valence-electron chi connectivity index (χ1n) is 7.21. The van der Waals surface area contributed by atoms with Gasteiger partial charge in [0.1, 0.15) is 11.0 Å². The van der Waals surface area contributed by atoms with Gasteiger partial charge >= 0.3 is 0 Å². The van der Waals surface area contributed by atoms with Crippen LogP contribution in [-0.2, 0) is 0 Å². The van der Waals surface area contributed by atoms with Crippen LogP contribution in [0.5, 0.6) is 5.88 Å². The molecule has 7 nitrogen and oxygen atoms in total. The molecule has 0 aliphatic carbocycles. The van der Waals surface area contributed by atoms with Gasteiger partial charge in [-0.25, -0.2) is 4.98 Å². The molecule has 3 heterocycles. The lowest BCUT2D eigenvalue weighted by Gasteiger charge is -1.96. The van der Waals surface area contributed by atoms with E-state index in [1.807, 2.05) is 30.3 Å². The predicted molar refractivity (Wildman–Crippen MR) is 94.3 cm³/mol. The number of benzene rings is 2. The van der Waals surface area contributed by atoms with Crippen LogP contribution in [0.4, 0.5) is 5.69 Å². The van der Waals surface area contributed by atoms with Crippen molar-refractivity contribution in [2.24, 2.45) is 4.99 Å². The fourth-order valence-corrected chi connectivity index (χ4v) is 3.64. The molecule has 0 fully saturated rings. The molecule has 2 aromatic carbocycles. The first kappa shape index (κ1) is 13.2. The zero-order chi connectivity index (χ0) is 16.1.